The van der Waals surface area contributed by atoms with Crippen molar-refractivity contribution in [1.82, 2.24) is 10.2 Å². The molecule has 1 fully saturated rings. The van der Waals surface area contributed by atoms with Gasteiger partial charge in [0.1, 0.15) is 0 Å². The van der Waals surface area contributed by atoms with E-state index < -0.39 is 0 Å². The molecule has 1 aliphatic rings. The highest BCUT2D eigenvalue weighted by Gasteiger charge is 2.29. The van der Waals surface area contributed by atoms with E-state index in [1.165, 1.54) is 45.1 Å². The fraction of sp³-hybridized carbons (Fsp3) is 1.00. The first-order valence-corrected chi connectivity index (χ1v) is 7.36. The molecule has 0 aromatic carbocycles. The Morgan fingerprint density at radius 3 is 2.35 bits per heavy atom. The van der Waals surface area contributed by atoms with E-state index in [0.29, 0.717) is 11.5 Å². The number of hydrogen-bond acceptors (Lipinski definition) is 2. The Morgan fingerprint density at radius 2 is 1.88 bits per heavy atom. The Bertz CT molecular complexity index is 203. The predicted octanol–water partition coefficient (Wildman–Crippen LogP) is 3.28. The third-order valence-corrected chi connectivity index (χ3v) is 4.49. The minimum absolute atomic E-state index is 0.586. The molecule has 0 radical (unpaired) electrons. The molecule has 0 spiro atoms. The van der Waals surface area contributed by atoms with Gasteiger partial charge in [-0.3, -0.25) is 0 Å². The lowest BCUT2D eigenvalue weighted by atomic mass is 9.75. The molecule has 1 N–H and O–H groups in total. The number of nitrogens with zero attached hydrogens (tertiary/aromatic N) is 1. The maximum Gasteiger partial charge on any atom is 0.0191 e. The summed E-state index contributed by atoms with van der Waals surface area (Å²) in [5, 5.41) is 3.45. The smallest absolute Gasteiger partial charge is 0.0191 e. The van der Waals surface area contributed by atoms with Crippen LogP contribution in [0.5, 0.6) is 0 Å². The average molecular weight is 240 g/mol. The van der Waals surface area contributed by atoms with E-state index in [2.05, 4.69) is 45.1 Å². The second-order valence-electron chi connectivity index (χ2n) is 6.61. The van der Waals surface area contributed by atoms with Crippen LogP contribution in [0.1, 0.15) is 59.3 Å². The zero-order chi connectivity index (χ0) is 12.9. The molecule has 1 unspecified atom stereocenters. The van der Waals surface area contributed by atoms with Gasteiger partial charge in [-0.1, -0.05) is 27.2 Å². The van der Waals surface area contributed by atoms with Crippen LogP contribution in [-0.4, -0.2) is 37.6 Å². The van der Waals surface area contributed by atoms with Gasteiger partial charge in [0, 0.05) is 18.6 Å². The van der Waals surface area contributed by atoms with Crippen LogP contribution < -0.4 is 5.32 Å². The number of rotatable bonds is 6. The van der Waals surface area contributed by atoms with Crippen LogP contribution in [0.4, 0.5) is 0 Å². The van der Waals surface area contributed by atoms with Gasteiger partial charge in [0.05, 0.1) is 0 Å². The number of likely N-dealkylation sites (N-methyl/N-ethyl adjacent to an activating group) is 2. The summed E-state index contributed by atoms with van der Waals surface area (Å²) in [4.78, 5) is 2.59. The van der Waals surface area contributed by atoms with Crippen molar-refractivity contribution < 1.29 is 0 Å². The topological polar surface area (TPSA) is 15.3 Å². The Morgan fingerprint density at radius 1 is 1.29 bits per heavy atom. The van der Waals surface area contributed by atoms with Gasteiger partial charge in [0.25, 0.3) is 0 Å². The summed E-state index contributed by atoms with van der Waals surface area (Å²) in [7, 11) is 4.40. The van der Waals surface area contributed by atoms with Crippen LogP contribution in [0, 0.1) is 5.41 Å². The maximum absolute atomic E-state index is 3.45. The normalized spacial score (nSPS) is 22.9. The molecule has 0 aromatic rings. The van der Waals surface area contributed by atoms with Gasteiger partial charge in [-0.25, -0.2) is 0 Å². The zero-order valence-corrected chi connectivity index (χ0v) is 12.6. The van der Waals surface area contributed by atoms with E-state index in [4.69, 9.17) is 0 Å². The molecule has 0 saturated heterocycles. The van der Waals surface area contributed by atoms with Crippen molar-refractivity contribution in [3.63, 3.8) is 0 Å². The van der Waals surface area contributed by atoms with Gasteiger partial charge in [-0.15, -0.1) is 0 Å². The van der Waals surface area contributed by atoms with Gasteiger partial charge in [0.15, 0.2) is 0 Å². The summed E-state index contributed by atoms with van der Waals surface area (Å²) in [6.45, 7) is 8.30. The van der Waals surface area contributed by atoms with Crippen molar-refractivity contribution in [2.45, 2.75) is 71.4 Å². The fourth-order valence-electron chi connectivity index (χ4n) is 3.00. The fourth-order valence-corrected chi connectivity index (χ4v) is 3.00. The van der Waals surface area contributed by atoms with E-state index >= 15 is 0 Å². The van der Waals surface area contributed by atoms with Crippen molar-refractivity contribution >= 4 is 0 Å². The minimum atomic E-state index is 0.586. The van der Waals surface area contributed by atoms with Gasteiger partial charge in [0.2, 0.25) is 0 Å². The molecule has 1 rings (SSSR count). The van der Waals surface area contributed by atoms with Crippen molar-refractivity contribution in [2.24, 2.45) is 5.41 Å². The largest absolute Gasteiger partial charge is 0.316 e. The summed E-state index contributed by atoms with van der Waals surface area (Å²) in [5.74, 6) is 0. The molecule has 0 heterocycles. The lowest BCUT2D eigenvalue weighted by Gasteiger charge is -2.39. The van der Waals surface area contributed by atoms with Crippen LogP contribution in [0.15, 0.2) is 0 Å². The van der Waals surface area contributed by atoms with Gasteiger partial charge in [-0.2, -0.15) is 0 Å². The molecule has 0 amide bonds. The molecule has 0 bridgehead atoms. The summed E-state index contributed by atoms with van der Waals surface area (Å²) in [6.07, 6.45) is 8.11. The summed E-state index contributed by atoms with van der Waals surface area (Å²) in [6, 6.07) is 1.48. The first-order chi connectivity index (χ1) is 7.98. The van der Waals surface area contributed by atoms with Crippen LogP contribution in [-0.2, 0) is 0 Å². The second kappa shape index (κ2) is 6.75. The predicted molar refractivity (Wildman–Crippen MR) is 76.4 cm³/mol. The first kappa shape index (κ1) is 15.0. The third kappa shape index (κ3) is 4.97. The van der Waals surface area contributed by atoms with E-state index in [-0.39, 0.29) is 0 Å². The second-order valence-corrected chi connectivity index (χ2v) is 6.61. The lowest BCUT2D eigenvalue weighted by molar-refractivity contribution is 0.119. The molecule has 0 aromatic heterocycles. The molecular weight excluding hydrogens is 208 g/mol. The van der Waals surface area contributed by atoms with Crippen LogP contribution in [0.25, 0.3) is 0 Å². The summed E-state index contributed by atoms with van der Waals surface area (Å²) >= 11 is 0. The van der Waals surface area contributed by atoms with E-state index in [1.807, 2.05) is 0 Å². The van der Waals surface area contributed by atoms with Gasteiger partial charge >= 0.3 is 0 Å². The van der Waals surface area contributed by atoms with E-state index in [9.17, 15) is 0 Å². The summed E-state index contributed by atoms with van der Waals surface area (Å²) < 4.78 is 0. The average Bonchev–Trinajstić information content (AvgIpc) is 2.28. The highest BCUT2D eigenvalue weighted by atomic mass is 15.1. The van der Waals surface area contributed by atoms with E-state index in [0.717, 1.165) is 6.04 Å². The maximum atomic E-state index is 3.45. The Labute approximate surface area is 108 Å². The molecule has 2 nitrogen and oxygen atoms in total. The number of nitrogens with one attached hydrogen (secondary N) is 1. The quantitative estimate of drug-likeness (QED) is 0.766. The van der Waals surface area contributed by atoms with Gasteiger partial charge in [-0.05, 0) is 51.6 Å². The highest BCUT2D eigenvalue weighted by Crippen LogP contribution is 2.36. The molecule has 1 atom stereocenters. The third-order valence-electron chi connectivity index (χ3n) is 4.49. The molecule has 1 saturated carbocycles. The molecular formula is C15H32N2. The van der Waals surface area contributed by atoms with Crippen molar-refractivity contribution in [3.05, 3.63) is 0 Å². The monoisotopic (exact) mass is 240 g/mol. The molecule has 1 aliphatic carbocycles. The summed E-state index contributed by atoms with van der Waals surface area (Å²) in [5.41, 5.74) is 0.586. The first-order valence-electron chi connectivity index (χ1n) is 7.36. The van der Waals surface area contributed by atoms with Crippen LogP contribution in [0.2, 0.25) is 0 Å². The van der Waals surface area contributed by atoms with Crippen LogP contribution in [0.3, 0.4) is 0 Å². The number of hydrogen-bond donors (Lipinski definition) is 1. The standard InChI is InChI=1S/C15H32N2/c1-6-7-13(16-4)12-17(5)14-8-10-15(2,3)11-9-14/h13-14,16H,6-12H2,1-5H3. The Kier molecular flexibility index (Phi) is 5.94. The zero-order valence-electron chi connectivity index (χ0n) is 12.6. The Hall–Kier alpha value is -0.0800. The van der Waals surface area contributed by atoms with Crippen molar-refractivity contribution in [2.75, 3.05) is 20.6 Å². The lowest BCUT2D eigenvalue weighted by Crippen LogP contribution is -2.44. The molecule has 17 heavy (non-hydrogen) atoms. The minimum Gasteiger partial charge on any atom is -0.316 e. The molecule has 2 heteroatoms. The van der Waals surface area contributed by atoms with Crippen LogP contribution >= 0.6 is 0 Å². The van der Waals surface area contributed by atoms with Crippen molar-refractivity contribution in [3.8, 4) is 0 Å². The molecule has 102 valence electrons. The molecule has 0 aliphatic heterocycles. The van der Waals surface area contributed by atoms with Crippen molar-refractivity contribution in [1.29, 1.82) is 0 Å². The van der Waals surface area contributed by atoms with E-state index in [1.54, 1.807) is 0 Å². The Balaban J connectivity index is 2.35. The highest BCUT2D eigenvalue weighted by molar-refractivity contribution is 4.84. The SMILES string of the molecule is CCCC(CN(C)C1CCC(C)(C)CC1)NC. The van der Waals surface area contributed by atoms with Gasteiger partial charge < -0.3 is 10.2 Å².